The van der Waals surface area contributed by atoms with Gasteiger partial charge in [0.05, 0.1) is 16.6 Å². The molecule has 12 heteroatoms. The summed E-state index contributed by atoms with van der Waals surface area (Å²) in [6.07, 6.45) is 2.37. The van der Waals surface area contributed by atoms with E-state index in [1.165, 1.54) is 36.9 Å². The van der Waals surface area contributed by atoms with Crippen molar-refractivity contribution in [2.75, 3.05) is 32.1 Å². The number of rotatable bonds is 7. The Kier molecular flexibility index (Phi) is 7.83. The highest BCUT2D eigenvalue weighted by Crippen LogP contribution is 2.35. The van der Waals surface area contributed by atoms with Gasteiger partial charge in [0.15, 0.2) is 11.5 Å². The first-order valence-corrected chi connectivity index (χ1v) is 13.6. The van der Waals surface area contributed by atoms with Gasteiger partial charge in [0.25, 0.3) is 5.91 Å². The van der Waals surface area contributed by atoms with E-state index < -0.39 is 23.1 Å². The van der Waals surface area contributed by atoms with E-state index in [0.29, 0.717) is 35.7 Å². The highest BCUT2D eigenvalue weighted by atomic mass is 19.1. The van der Waals surface area contributed by atoms with Gasteiger partial charge in [-0.05, 0) is 61.2 Å². The summed E-state index contributed by atoms with van der Waals surface area (Å²) in [6, 6.07) is 10.2. The molecule has 1 atom stereocenters. The highest BCUT2D eigenvalue weighted by Gasteiger charge is 2.28. The monoisotopic (exact) mass is 577 g/mol. The third-order valence-corrected chi connectivity index (χ3v) is 7.39. The largest absolute Gasteiger partial charge is 0.386 e. The van der Waals surface area contributed by atoms with Crippen LogP contribution in [0.25, 0.3) is 22.2 Å². The summed E-state index contributed by atoms with van der Waals surface area (Å²) >= 11 is 0. The number of halogens is 2. The zero-order valence-corrected chi connectivity index (χ0v) is 23.8. The first-order chi connectivity index (χ1) is 19.9. The first-order valence-electron chi connectivity index (χ1n) is 13.6. The van der Waals surface area contributed by atoms with Crippen LogP contribution in [0.15, 0.2) is 48.7 Å². The molecule has 5 rings (SSSR count). The van der Waals surface area contributed by atoms with Crippen LogP contribution in [0, 0.1) is 11.6 Å². The van der Waals surface area contributed by atoms with Gasteiger partial charge in [-0.3, -0.25) is 9.89 Å². The van der Waals surface area contributed by atoms with E-state index in [1.54, 1.807) is 38.5 Å². The third-order valence-electron chi connectivity index (χ3n) is 7.39. The molecule has 0 radical (unpaired) electrons. The van der Waals surface area contributed by atoms with Crippen molar-refractivity contribution >= 4 is 28.8 Å². The number of nitrogens with zero attached hydrogens (tertiary/aromatic N) is 4. The maximum absolute atomic E-state index is 15.3. The molecule has 220 valence electrons. The third kappa shape index (κ3) is 5.89. The molecule has 3 amide bonds. The fourth-order valence-electron chi connectivity index (χ4n) is 4.99. The zero-order valence-electron chi connectivity index (χ0n) is 23.8. The van der Waals surface area contributed by atoms with Crippen molar-refractivity contribution in [2.24, 2.45) is 0 Å². The van der Waals surface area contributed by atoms with Gasteiger partial charge in [0, 0.05) is 51.5 Å². The van der Waals surface area contributed by atoms with Gasteiger partial charge in [-0.1, -0.05) is 18.2 Å². The lowest BCUT2D eigenvalue weighted by molar-refractivity contribution is 0.0779. The lowest BCUT2D eigenvalue weighted by Crippen LogP contribution is -2.42. The van der Waals surface area contributed by atoms with Crippen LogP contribution in [0.4, 0.5) is 19.4 Å². The summed E-state index contributed by atoms with van der Waals surface area (Å²) in [7, 11) is 3.38. The maximum atomic E-state index is 15.3. The molecule has 10 nitrogen and oxygen atoms in total. The zero-order chi connectivity index (χ0) is 30.2. The van der Waals surface area contributed by atoms with Gasteiger partial charge in [-0.25, -0.2) is 18.6 Å². The van der Waals surface area contributed by atoms with Crippen molar-refractivity contribution < 1.29 is 23.5 Å². The number of benzene rings is 2. The van der Waals surface area contributed by atoms with E-state index >= 15 is 4.39 Å². The van der Waals surface area contributed by atoms with Crippen LogP contribution in [0.1, 0.15) is 41.8 Å². The van der Waals surface area contributed by atoms with Gasteiger partial charge in [0.2, 0.25) is 0 Å². The quantitative estimate of drug-likeness (QED) is 0.264. The topological polar surface area (TPSA) is 126 Å². The molecule has 2 aromatic carbocycles. The number of hydrogen-bond acceptors (Lipinski definition) is 6. The summed E-state index contributed by atoms with van der Waals surface area (Å²) in [5.41, 5.74) is 1.01. The molecule has 1 saturated heterocycles. The molecule has 42 heavy (non-hydrogen) atoms. The minimum atomic E-state index is -1.25. The number of H-pyrrole nitrogens is 1. The van der Waals surface area contributed by atoms with E-state index in [-0.39, 0.29) is 29.7 Å². The summed E-state index contributed by atoms with van der Waals surface area (Å²) in [5, 5.41) is 23.8. The van der Waals surface area contributed by atoms with Crippen molar-refractivity contribution in [1.29, 1.82) is 0 Å². The molecular formula is C30H33F2N7O3. The number of amides is 3. The summed E-state index contributed by atoms with van der Waals surface area (Å²) in [6.45, 7) is 4.15. The standard InChI is InChI=1S/C30H33F2N7O3/c1-30(2,42)19-7-8-22(24(32)14-19)28(40)34-15-18-6-5-17(13-23(18)31)21-9-11-33-26-25(21)27(37-36-26)39-12-10-20(16-39)35-29(41)38(3)4/h5-9,11,13-14,20,42H,10,12,15-16H2,1-4H3,(H,34,40)(H,35,41)(H,33,36,37)/t20-/m1/s1. The summed E-state index contributed by atoms with van der Waals surface area (Å²) < 4.78 is 29.8. The Morgan fingerprint density at radius 2 is 1.93 bits per heavy atom. The first kappa shape index (κ1) is 28.9. The smallest absolute Gasteiger partial charge is 0.317 e. The molecule has 0 aliphatic carbocycles. The second-order valence-corrected chi connectivity index (χ2v) is 11.1. The van der Waals surface area contributed by atoms with Crippen LogP contribution in [-0.2, 0) is 12.1 Å². The Balaban J connectivity index is 1.33. The Morgan fingerprint density at radius 3 is 2.62 bits per heavy atom. The van der Waals surface area contributed by atoms with Crippen molar-refractivity contribution in [2.45, 2.75) is 38.5 Å². The fourth-order valence-corrected chi connectivity index (χ4v) is 4.99. The Hall–Kier alpha value is -4.58. The normalized spacial score (nSPS) is 15.2. The van der Waals surface area contributed by atoms with Gasteiger partial charge >= 0.3 is 6.03 Å². The van der Waals surface area contributed by atoms with Crippen LogP contribution in [-0.4, -0.2) is 70.4 Å². The molecule has 1 aliphatic rings. The lowest BCUT2D eigenvalue weighted by Gasteiger charge is -2.19. The molecule has 0 bridgehead atoms. The molecule has 1 aliphatic heterocycles. The highest BCUT2D eigenvalue weighted by molar-refractivity contribution is 6.01. The predicted molar refractivity (Wildman–Crippen MR) is 155 cm³/mol. The molecule has 3 heterocycles. The predicted octanol–water partition coefficient (Wildman–Crippen LogP) is 3.91. The number of aromatic amines is 1. The van der Waals surface area contributed by atoms with Crippen molar-refractivity contribution in [3.05, 3.63) is 77.0 Å². The van der Waals surface area contributed by atoms with Gasteiger partial charge in [-0.2, -0.15) is 5.10 Å². The Morgan fingerprint density at radius 1 is 1.14 bits per heavy atom. The number of carbonyl (C=O) groups is 2. The van der Waals surface area contributed by atoms with E-state index in [1.807, 2.05) is 0 Å². The number of pyridine rings is 1. The Labute approximate surface area is 241 Å². The fraction of sp³-hybridized carbons (Fsp3) is 0.333. The van der Waals surface area contributed by atoms with Gasteiger partial charge < -0.3 is 25.5 Å². The van der Waals surface area contributed by atoms with E-state index in [0.717, 1.165) is 23.4 Å². The molecule has 4 aromatic rings. The number of aromatic nitrogens is 3. The molecule has 4 N–H and O–H groups in total. The molecule has 0 saturated carbocycles. The minimum absolute atomic E-state index is 0.0355. The number of urea groups is 1. The number of anilines is 1. The molecule has 2 aromatic heterocycles. The van der Waals surface area contributed by atoms with Crippen LogP contribution in [0.5, 0.6) is 0 Å². The van der Waals surface area contributed by atoms with Crippen LogP contribution in [0.2, 0.25) is 0 Å². The number of aliphatic hydroxyl groups is 1. The Bertz CT molecular complexity index is 1650. The minimum Gasteiger partial charge on any atom is -0.386 e. The van der Waals surface area contributed by atoms with Crippen molar-refractivity contribution in [1.82, 2.24) is 30.7 Å². The van der Waals surface area contributed by atoms with E-state index in [4.69, 9.17) is 0 Å². The second kappa shape index (κ2) is 11.4. The van der Waals surface area contributed by atoms with Crippen LogP contribution < -0.4 is 15.5 Å². The molecule has 0 spiro atoms. The molecule has 0 unspecified atom stereocenters. The maximum Gasteiger partial charge on any atom is 0.317 e. The van der Waals surface area contributed by atoms with Crippen molar-refractivity contribution in [3.8, 4) is 11.1 Å². The van der Waals surface area contributed by atoms with Crippen LogP contribution >= 0.6 is 0 Å². The SMILES string of the molecule is CN(C)C(=O)N[C@@H]1CCN(c2n[nH]c3nccc(-c4ccc(CNC(=O)c5ccc(C(C)(C)O)cc5F)c(F)c4)c23)C1. The second-order valence-electron chi connectivity index (χ2n) is 11.1. The average molecular weight is 578 g/mol. The van der Waals surface area contributed by atoms with E-state index in [2.05, 4.69) is 30.7 Å². The van der Waals surface area contributed by atoms with Crippen LogP contribution in [0.3, 0.4) is 0 Å². The molecular weight excluding hydrogens is 544 g/mol. The molecule has 1 fully saturated rings. The average Bonchev–Trinajstić information content (AvgIpc) is 3.58. The lowest BCUT2D eigenvalue weighted by atomic mass is 9.97. The van der Waals surface area contributed by atoms with E-state index in [9.17, 15) is 19.1 Å². The number of fused-ring (bicyclic) bond motifs is 1. The number of nitrogens with one attached hydrogen (secondary N) is 3. The summed E-state index contributed by atoms with van der Waals surface area (Å²) in [4.78, 5) is 32.7. The van der Waals surface area contributed by atoms with Crippen molar-refractivity contribution in [3.63, 3.8) is 0 Å². The number of hydrogen-bond donors (Lipinski definition) is 4. The van der Waals surface area contributed by atoms with Gasteiger partial charge in [0.1, 0.15) is 11.6 Å². The van der Waals surface area contributed by atoms with Gasteiger partial charge in [-0.15, -0.1) is 0 Å². The summed E-state index contributed by atoms with van der Waals surface area (Å²) in [5.74, 6) is -1.33. The number of carbonyl (C=O) groups excluding carboxylic acids is 2.